The third kappa shape index (κ3) is 4.83. The number of amides is 1. The minimum atomic E-state index is -0.0806. The van der Waals surface area contributed by atoms with Crippen molar-refractivity contribution in [2.24, 2.45) is 0 Å². The fourth-order valence-corrected chi connectivity index (χ4v) is 2.71. The first-order valence-electron chi connectivity index (χ1n) is 7.14. The third-order valence-corrected chi connectivity index (χ3v) is 3.93. The average Bonchev–Trinajstić information content (AvgIpc) is 2.91. The Bertz CT molecular complexity index is 604. The predicted octanol–water partition coefficient (Wildman–Crippen LogP) is 4.12. The Morgan fingerprint density at radius 3 is 2.76 bits per heavy atom. The first kappa shape index (κ1) is 15.4. The van der Waals surface area contributed by atoms with Crippen molar-refractivity contribution in [1.29, 1.82) is 0 Å². The largest absolute Gasteiger partial charge is 0.346 e. The number of nitrogens with zero attached hydrogens (tertiary/aromatic N) is 1. The Balaban J connectivity index is 2.00. The molecule has 4 heteroatoms. The smallest absolute Gasteiger partial charge is 0.244 e. The lowest BCUT2D eigenvalue weighted by Gasteiger charge is -2.17. The highest BCUT2D eigenvalue weighted by Crippen LogP contribution is 2.18. The van der Waals surface area contributed by atoms with E-state index in [2.05, 4.69) is 17.2 Å². The van der Waals surface area contributed by atoms with E-state index in [1.165, 1.54) is 0 Å². The van der Waals surface area contributed by atoms with Crippen LogP contribution in [-0.4, -0.2) is 10.9 Å². The second-order valence-electron chi connectivity index (χ2n) is 4.89. The lowest BCUT2D eigenvalue weighted by atomic mass is 10.0. The maximum atomic E-state index is 12.1. The normalized spacial score (nSPS) is 12.5. The van der Waals surface area contributed by atoms with Crippen LogP contribution in [0.1, 0.15) is 42.1 Å². The molecule has 0 fully saturated rings. The van der Waals surface area contributed by atoms with E-state index >= 15 is 0 Å². The standard InChI is InChI=1S/C17H20N2OS/c1-3-7-16(14-8-5-4-6-9-14)19-17(20)11-10-15-12-21-13(2)18-15/h4-6,8-12,16H,3,7H2,1-2H3,(H,19,20)/b11-10+. The number of rotatable bonds is 6. The summed E-state index contributed by atoms with van der Waals surface area (Å²) in [6.07, 6.45) is 5.27. The van der Waals surface area contributed by atoms with Gasteiger partial charge in [0.25, 0.3) is 0 Å². The Hall–Kier alpha value is -1.94. The summed E-state index contributed by atoms with van der Waals surface area (Å²) in [5.74, 6) is -0.0806. The Labute approximate surface area is 129 Å². The summed E-state index contributed by atoms with van der Waals surface area (Å²) >= 11 is 1.58. The molecule has 1 unspecified atom stereocenters. The van der Waals surface area contributed by atoms with E-state index in [0.717, 1.165) is 29.1 Å². The van der Waals surface area contributed by atoms with E-state index in [-0.39, 0.29) is 11.9 Å². The summed E-state index contributed by atoms with van der Waals surface area (Å²) in [5, 5.41) is 6.01. The summed E-state index contributed by atoms with van der Waals surface area (Å²) in [6.45, 7) is 4.07. The van der Waals surface area contributed by atoms with Gasteiger partial charge in [0.05, 0.1) is 16.7 Å². The molecule has 0 bridgehead atoms. The summed E-state index contributed by atoms with van der Waals surface area (Å²) in [6, 6.07) is 10.1. The van der Waals surface area contributed by atoms with Gasteiger partial charge in [0.15, 0.2) is 0 Å². The van der Waals surface area contributed by atoms with Crippen molar-refractivity contribution in [3.05, 3.63) is 58.1 Å². The van der Waals surface area contributed by atoms with E-state index in [9.17, 15) is 4.79 Å². The fraction of sp³-hybridized carbons (Fsp3) is 0.294. The molecule has 0 aliphatic heterocycles. The van der Waals surface area contributed by atoms with Crippen LogP contribution in [-0.2, 0) is 4.79 Å². The van der Waals surface area contributed by atoms with E-state index < -0.39 is 0 Å². The molecule has 21 heavy (non-hydrogen) atoms. The first-order chi connectivity index (χ1) is 10.2. The number of hydrogen-bond donors (Lipinski definition) is 1. The van der Waals surface area contributed by atoms with Gasteiger partial charge in [-0.3, -0.25) is 4.79 Å². The Kier molecular flexibility index (Phi) is 5.69. The van der Waals surface area contributed by atoms with Crippen molar-refractivity contribution < 1.29 is 4.79 Å². The van der Waals surface area contributed by atoms with Gasteiger partial charge in [-0.2, -0.15) is 0 Å². The van der Waals surface area contributed by atoms with Gasteiger partial charge in [-0.15, -0.1) is 11.3 Å². The van der Waals surface area contributed by atoms with Crippen LogP contribution in [0.5, 0.6) is 0 Å². The molecular weight excluding hydrogens is 280 g/mol. The van der Waals surface area contributed by atoms with Crippen LogP contribution < -0.4 is 5.32 Å². The van der Waals surface area contributed by atoms with Gasteiger partial charge in [0, 0.05) is 11.5 Å². The molecule has 1 aromatic carbocycles. The van der Waals surface area contributed by atoms with Crippen molar-refractivity contribution in [3.63, 3.8) is 0 Å². The number of aromatic nitrogens is 1. The zero-order chi connectivity index (χ0) is 15.1. The van der Waals surface area contributed by atoms with Crippen LogP contribution in [0.4, 0.5) is 0 Å². The quantitative estimate of drug-likeness (QED) is 0.815. The molecule has 1 N–H and O–H groups in total. The van der Waals surface area contributed by atoms with E-state index in [1.54, 1.807) is 23.5 Å². The van der Waals surface area contributed by atoms with Gasteiger partial charge < -0.3 is 5.32 Å². The van der Waals surface area contributed by atoms with Gasteiger partial charge in [-0.1, -0.05) is 43.7 Å². The summed E-state index contributed by atoms with van der Waals surface area (Å²) in [7, 11) is 0. The van der Waals surface area contributed by atoms with Crippen molar-refractivity contribution in [1.82, 2.24) is 10.3 Å². The molecule has 2 aromatic rings. The number of carbonyl (C=O) groups excluding carboxylic acids is 1. The second kappa shape index (κ2) is 7.74. The molecule has 2 rings (SSSR count). The summed E-state index contributed by atoms with van der Waals surface area (Å²) < 4.78 is 0. The monoisotopic (exact) mass is 300 g/mol. The van der Waals surface area contributed by atoms with Crippen LogP contribution >= 0.6 is 11.3 Å². The van der Waals surface area contributed by atoms with Crippen molar-refractivity contribution in [2.45, 2.75) is 32.7 Å². The maximum Gasteiger partial charge on any atom is 0.244 e. The number of thiazole rings is 1. The Morgan fingerprint density at radius 1 is 1.38 bits per heavy atom. The van der Waals surface area contributed by atoms with Crippen LogP contribution in [0.25, 0.3) is 6.08 Å². The van der Waals surface area contributed by atoms with Crippen molar-refractivity contribution in [2.75, 3.05) is 0 Å². The van der Waals surface area contributed by atoms with E-state index in [4.69, 9.17) is 0 Å². The number of benzene rings is 1. The first-order valence-corrected chi connectivity index (χ1v) is 8.02. The molecule has 0 aliphatic rings. The molecule has 0 saturated carbocycles. The Morgan fingerprint density at radius 2 is 2.14 bits per heavy atom. The molecule has 0 radical (unpaired) electrons. The van der Waals surface area contributed by atoms with Gasteiger partial charge in [0.2, 0.25) is 5.91 Å². The number of hydrogen-bond acceptors (Lipinski definition) is 3. The molecule has 1 amide bonds. The lowest BCUT2D eigenvalue weighted by molar-refractivity contribution is -0.117. The SMILES string of the molecule is CCCC(NC(=O)/C=C/c1csc(C)n1)c1ccccc1. The topological polar surface area (TPSA) is 42.0 Å². The fourth-order valence-electron chi connectivity index (χ4n) is 2.13. The van der Waals surface area contributed by atoms with Crippen LogP contribution in [0.3, 0.4) is 0 Å². The van der Waals surface area contributed by atoms with Gasteiger partial charge >= 0.3 is 0 Å². The molecule has 1 heterocycles. The maximum absolute atomic E-state index is 12.1. The minimum absolute atomic E-state index is 0.0607. The molecule has 3 nitrogen and oxygen atoms in total. The average molecular weight is 300 g/mol. The molecule has 1 aromatic heterocycles. The molecule has 0 aliphatic carbocycles. The van der Waals surface area contributed by atoms with Crippen LogP contribution in [0.15, 0.2) is 41.8 Å². The molecule has 0 saturated heterocycles. The zero-order valence-electron chi connectivity index (χ0n) is 12.4. The van der Waals surface area contributed by atoms with Crippen molar-refractivity contribution in [3.8, 4) is 0 Å². The lowest BCUT2D eigenvalue weighted by Crippen LogP contribution is -2.26. The van der Waals surface area contributed by atoms with E-state index in [0.29, 0.717) is 0 Å². The molecule has 1 atom stereocenters. The summed E-state index contributed by atoms with van der Waals surface area (Å²) in [4.78, 5) is 16.4. The highest BCUT2D eigenvalue weighted by Gasteiger charge is 2.11. The molecule has 110 valence electrons. The van der Waals surface area contributed by atoms with Gasteiger partial charge in [-0.25, -0.2) is 4.98 Å². The van der Waals surface area contributed by atoms with Crippen molar-refractivity contribution >= 4 is 23.3 Å². The molecule has 0 spiro atoms. The number of carbonyl (C=O) groups is 1. The zero-order valence-corrected chi connectivity index (χ0v) is 13.2. The minimum Gasteiger partial charge on any atom is -0.346 e. The van der Waals surface area contributed by atoms with Crippen LogP contribution in [0.2, 0.25) is 0 Å². The highest BCUT2D eigenvalue weighted by molar-refractivity contribution is 7.09. The number of nitrogens with one attached hydrogen (secondary N) is 1. The molecular formula is C17H20N2OS. The summed E-state index contributed by atoms with van der Waals surface area (Å²) in [5.41, 5.74) is 1.98. The predicted molar refractivity (Wildman–Crippen MR) is 88.1 cm³/mol. The van der Waals surface area contributed by atoms with Gasteiger partial charge in [0.1, 0.15) is 0 Å². The van der Waals surface area contributed by atoms with Gasteiger partial charge in [-0.05, 0) is 25.0 Å². The third-order valence-electron chi connectivity index (χ3n) is 3.14. The van der Waals surface area contributed by atoms with E-state index in [1.807, 2.05) is 42.6 Å². The highest BCUT2D eigenvalue weighted by atomic mass is 32.1. The van der Waals surface area contributed by atoms with Crippen LogP contribution in [0, 0.1) is 6.92 Å². The number of aryl methyl sites for hydroxylation is 1. The second-order valence-corrected chi connectivity index (χ2v) is 5.95.